The Morgan fingerprint density at radius 1 is 1.15 bits per heavy atom. The molecule has 2 aliphatic rings. The van der Waals surface area contributed by atoms with Crippen LogP contribution in [0.15, 0.2) is 27.6 Å². The van der Waals surface area contributed by atoms with Crippen LogP contribution in [0.5, 0.6) is 17.2 Å². The second-order valence-electron chi connectivity index (χ2n) is 10.3. The van der Waals surface area contributed by atoms with Crippen LogP contribution in [0.25, 0.3) is 6.08 Å². The summed E-state index contributed by atoms with van der Waals surface area (Å²) in [6, 6.07) is 5.54. The second-order valence-corrected chi connectivity index (χ2v) is 12.1. The average Bonchev–Trinajstić information content (AvgIpc) is 3.24. The van der Waals surface area contributed by atoms with Crippen LogP contribution in [0.1, 0.15) is 60.4 Å². The summed E-state index contributed by atoms with van der Waals surface area (Å²) in [5, 5.41) is 1.89. The van der Waals surface area contributed by atoms with Gasteiger partial charge >= 0.3 is 5.97 Å². The number of carbonyl (C=O) groups excluding carboxylic acids is 3. The van der Waals surface area contributed by atoms with Gasteiger partial charge in [-0.2, -0.15) is 0 Å². The molecule has 1 atom stereocenters. The van der Waals surface area contributed by atoms with E-state index in [1.165, 1.54) is 7.11 Å². The predicted octanol–water partition coefficient (Wildman–Crippen LogP) is 6.58. The fourth-order valence-corrected chi connectivity index (χ4v) is 5.97. The van der Waals surface area contributed by atoms with Gasteiger partial charge in [0.05, 0.1) is 23.1 Å². The lowest BCUT2D eigenvalue weighted by atomic mass is 9.87. The van der Waals surface area contributed by atoms with E-state index in [1.54, 1.807) is 6.08 Å². The first-order valence-electron chi connectivity index (χ1n) is 13.2. The van der Waals surface area contributed by atoms with Crippen LogP contribution in [-0.2, 0) is 20.7 Å². The highest BCUT2D eigenvalue weighted by Crippen LogP contribution is 2.44. The van der Waals surface area contributed by atoms with E-state index in [0.29, 0.717) is 30.3 Å². The van der Waals surface area contributed by atoms with Gasteiger partial charge in [-0.05, 0) is 122 Å². The number of benzene rings is 2. The number of rotatable bonds is 10. The molecule has 1 fully saturated rings. The van der Waals surface area contributed by atoms with Crippen LogP contribution in [0, 0.1) is 20.8 Å². The van der Waals surface area contributed by atoms with Crippen molar-refractivity contribution in [3.63, 3.8) is 0 Å². The van der Waals surface area contributed by atoms with E-state index < -0.39 is 5.60 Å². The minimum atomic E-state index is -0.522. The van der Waals surface area contributed by atoms with E-state index in [1.807, 2.05) is 18.2 Å². The second kappa shape index (κ2) is 12.7. The van der Waals surface area contributed by atoms with Gasteiger partial charge in [0.15, 0.2) is 0 Å². The SMILES string of the molecule is COC(=O)CCCCOc1c(C)c(C)c2c(c1C)CC[C@@](C)(COc1ccc(/C=C3/SC(=O)NC3=O)cc1Br)O2. The van der Waals surface area contributed by atoms with Gasteiger partial charge < -0.3 is 18.9 Å². The molecule has 4 rings (SSSR count). The lowest BCUT2D eigenvalue weighted by Crippen LogP contribution is -2.42. The third kappa shape index (κ3) is 6.83. The molecule has 2 aromatic rings. The molecule has 0 radical (unpaired) electrons. The third-order valence-electron chi connectivity index (χ3n) is 7.24. The lowest BCUT2D eigenvalue weighted by Gasteiger charge is -2.38. The van der Waals surface area contributed by atoms with E-state index in [-0.39, 0.29) is 17.1 Å². The van der Waals surface area contributed by atoms with Crippen molar-refractivity contribution < 1.29 is 33.3 Å². The Balaban J connectivity index is 1.41. The Labute approximate surface area is 247 Å². The molecule has 8 nitrogen and oxygen atoms in total. The van der Waals surface area contributed by atoms with E-state index in [4.69, 9.17) is 18.9 Å². The summed E-state index contributed by atoms with van der Waals surface area (Å²) in [4.78, 5) is 34.9. The van der Waals surface area contributed by atoms with Gasteiger partial charge in [-0.15, -0.1) is 0 Å². The van der Waals surface area contributed by atoms with Crippen LogP contribution in [0.3, 0.4) is 0 Å². The molecule has 10 heteroatoms. The Morgan fingerprint density at radius 3 is 2.60 bits per heavy atom. The maximum absolute atomic E-state index is 11.8. The lowest BCUT2D eigenvalue weighted by molar-refractivity contribution is -0.140. The number of unbranched alkanes of at least 4 members (excludes halogenated alkanes) is 1. The number of fused-ring (bicyclic) bond motifs is 1. The van der Waals surface area contributed by atoms with Gasteiger partial charge in [0.1, 0.15) is 29.5 Å². The van der Waals surface area contributed by atoms with E-state index in [2.05, 4.69) is 48.9 Å². The van der Waals surface area contributed by atoms with Crippen molar-refractivity contribution in [2.45, 2.75) is 65.4 Å². The topological polar surface area (TPSA) is 100 Å². The molecule has 40 heavy (non-hydrogen) atoms. The Morgan fingerprint density at radius 2 is 1.93 bits per heavy atom. The minimum absolute atomic E-state index is 0.198. The zero-order chi connectivity index (χ0) is 29.0. The zero-order valence-corrected chi connectivity index (χ0v) is 25.8. The molecule has 0 aliphatic carbocycles. The van der Waals surface area contributed by atoms with Crippen LogP contribution < -0.4 is 19.5 Å². The standard InChI is InChI=1S/C30H34BrNO7S/c1-17-18(2)27-21(19(3)26(17)37-13-7-6-8-25(33)36-5)11-12-30(4,39-27)16-38-23-10-9-20(14-22(23)31)15-24-28(34)32-29(35)40-24/h9-10,14-15H,6-8,11-13,16H2,1-5H3,(H,32,34,35)/b24-15+/t30-/m0/s1. The summed E-state index contributed by atoms with van der Waals surface area (Å²) in [7, 11) is 1.40. The Hall–Kier alpha value is -2.98. The first kappa shape index (κ1) is 30.0. The van der Waals surface area contributed by atoms with Crippen molar-refractivity contribution in [1.29, 1.82) is 0 Å². The maximum Gasteiger partial charge on any atom is 0.305 e. The Bertz CT molecular complexity index is 1370. The quantitative estimate of drug-likeness (QED) is 0.178. The average molecular weight is 633 g/mol. The summed E-state index contributed by atoms with van der Waals surface area (Å²) in [6.07, 6.45) is 5.20. The fourth-order valence-electron chi connectivity index (χ4n) is 4.77. The van der Waals surface area contributed by atoms with Crippen LogP contribution in [-0.4, -0.2) is 43.0 Å². The van der Waals surface area contributed by atoms with Crippen molar-refractivity contribution in [1.82, 2.24) is 5.32 Å². The normalized spacial score (nSPS) is 19.2. The first-order valence-corrected chi connectivity index (χ1v) is 14.8. The van der Waals surface area contributed by atoms with Crippen LogP contribution in [0.4, 0.5) is 4.79 Å². The first-order chi connectivity index (χ1) is 19.0. The third-order valence-corrected chi connectivity index (χ3v) is 8.67. The molecule has 0 spiro atoms. The van der Waals surface area contributed by atoms with Gasteiger partial charge in [-0.3, -0.25) is 19.7 Å². The summed E-state index contributed by atoms with van der Waals surface area (Å²) in [5.41, 5.74) is 4.63. The zero-order valence-electron chi connectivity index (χ0n) is 23.4. The molecular weight excluding hydrogens is 598 g/mol. The number of imide groups is 1. The van der Waals surface area contributed by atoms with Crippen molar-refractivity contribution in [3.8, 4) is 17.2 Å². The van der Waals surface area contributed by atoms with Gasteiger partial charge in [0, 0.05) is 12.0 Å². The van der Waals surface area contributed by atoms with Gasteiger partial charge in [-0.1, -0.05) is 6.07 Å². The number of halogens is 1. The largest absolute Gasteiger partial charge is 0.493 e. The molecule has 2 aliphatic heterocycles. The number of hydrogen-bond donors (Lipinski definition) is 1. The molecule has 0 bridgehead atoms. The molecule has 0 unspecified atom stereocenters. The van der Waals surface area contributed by atoms with Crippen molar-refractivity contribution in [2.75, 3.05) is 20.3 Å². The van der Waals surface area contributed by atoms with Gasteiger partial charge in [0.25, 0.3) is 11.1 Å². The minimum Gasteiger partial charge on any atom is -0.493 e. The molecule has 1 N–H and O–H groups in total. The molecule has 2 aromatic carbocycles. The monoisotopic (exact) mass is 631 g/mol. The molecule has 2 heterocycles. The van der Waals surface area contributed by atoms with Gasteiger partial charge in [0.2, 0.25) is 0 Å². The number of methoxy groups -OCH3 is 1. The molecule has 0 saturated carbocycles. The summed E-state index contributed by atoms with van der Waals surface area (Å²) < 4.78 is 24.4. The number of carbonyl (C=O) groups is 3. The highest BCUT2D eigenvalue weighted by atomic mass is 79.9. The van der Waals surface area contributed by atoms with Crippen LogP contribution >= 0.6 is 27.7 Å². The summed E-state index contributed by atoms with van der Waals surface area (Å²) in [5.74, 6) is 1.88. The molecule has 0 aromatic heterocycles. The molecule has 1 saturated heterocycles. The fraction of sp³-hybridized carbons (Fsp3) is 0.433. The van der Waals surface area contributed by atoms with Crippen molar-refractivity contribution >= 4 is 50.9 Å². The number of esters is 1. The van der Waals surface area contributed by atoms with Crippen molar-refractivity contribution in [2.24, 2.45) is 0 Å². The van der Waals surface area contributed by atoms with E-state index in [0.717, 1.165) is 81.2 Å². The highest BCUT2D eigenvalue weighted by Gasteiger charge is 2.36. The highest BCUT2D eigenvalue weighted by molar-refractivity contribution is 9.10. The summed E-state index contributed by atoms with van der Waals surface area (Å²) in [6.45, 7) is 9.15. The number of thioether (sulfide) groups is 1. The number of nitrogens with one attached hydrogen (secondary N) is 1. The van der Waals surface area contributed by atoms with E-state index in [9.17, 15) is 14.4 Å². The number of amides is 2. The Kier molecular flexibility index (Phi) is 9.51. The predicted molar refractivity (Wildman–Crippen MR) is 158 cm³/mol. The molecule has 2 amide bonds. The summed E-state index contributed by atoms with van der Waals surface area (Å²) >= 11 is 4.45. The van der Waals surface area contributed by atoms with Crippen molar-refractivity contribution in [3.05, 3.63) is 55.4 Å². The molecule has 214 valence electrons. The van der Waals surface area contributed by atoms with E-state index >= 15 is 0 Å². The molecular formula is C30H34BrNO7S. The maximum atomic E-state index is 11.8. The number of ether oxygens (including phenoxy) is 4. The smallest absolute Gasteiger partial charge is 0.305 e. The van der Waals surface area contributed by atoms with Gasteiger partial charge in [-0.25, -0.2) is 0 Å². The van der Waals surface area contributed by atoms with Crippen LogP contribution in [0.2, 0.25) is 0 Å². The number of hydrogen-bond acceptors (Lipinski definition) is 8.